The number of hydrogen-bond acceptors (Lipinski definition) is 4. The van der Waals surface area contributed by atoms with Crippen molar-refractivity contribution in [1.29, 1.82) is 0 Å². The van der Waals surface area contributed by atoms with Gasteiger partial charge in [0, 0.05) is 18.1 Å². The smallest absolute Gasteiger partial charge is 0.196 e. The SMILES string of the molecule is Cc1ccc(-n2cnnc2SCc2cn3ccccc3n2)c(C)c1. The van der Waals surface area contributed by atoms with E-state index in [9.17, 15) is 0 Å². The standard InChI is InChI=1S/C18H17N5S/c1-13-6-7-16(14(2)9-13)23-12-19-21-18(23)24-11-15-10-22-8-4-3-5-17(22)20-15/h3-10,12H,11H2,1-2H3. The second-order valence-electron chi connectivity index (χ2n) is 5.76. The first-order valence-corrected chi connectivity index (χ1v) is 8.72. The average Bonchev–Trinajstić information content (AvgIpc) is 3.19. The van der Waals surface area contributed by atoms with Crippen LogP contribution in [0.3, 0.4) is 0 Å². The Balaban J connectivity index is 1.58. The van der Waals surface area contributed by atoms with E-state index >= 15 is 0 Å². The van der Waals surface area contributed by atoms with Crippen molar-refractivity contribution in [2.24, 2.45) is 0 Å². The zero-order valence-electron chi connectivity index (χ0n) is 13.5. The van der Waals surface area contributed by atoms with Gasteiger partial charge in [-0.15, -0.1) is 10.2 Å². The summed E-state index contributed by atoms with van der Waals surface area (Å²) >= 11 is 1.64. The maximum absolute atomic E-state index is 4.63. The number of hydrogen-bond donors (Lipinski definition) is 0. The second-order valence-corrected chi connectivity index (χ2v) is 6.70. The van der Waals surface area contributed by atoms with Crippen LogP contribution in [0.1, 0.15) is 16.8 Å². The average molecular weight is 335 g/mol. The largest absolute Gasteiger partial charge is 0.307 e. The van der Waals surface area contributed by atoms with Crippen molar-refractivity contribution >= 4 is 17.4 Å². The van der Waals surface area contributed by atoms with Gasteiger partial charge in [0.15, 0.2) is 5.16 Å². The lowest BCUT2D eigenvalue weighted by atomic mass is 10.1. The zero-order valence-corrected chi connectivity index (χ0v) is 14.4. The molecule has 0 amide bonds. The Morgan fingerprint density at radius 1 is 1.12 bits per heavy atom. The second kappa shape index (κ2) is 6.13. The van der Waals surface area contributed by atoms with Crippen molar-refractivity contribution in [3.8, 4) is 5.69 Å². The van der Waals surface area contributed by atoms with Crippen molar-refractivity contribution < 1.29 is 0 Å². The molecule has 120 valence electrons. The molecule has 0 aliphatic carbocycles. The summed E-state index contributed by atoms with van der Waals surface area (Å²) in [6.07, 6.45) is 5.83. The molecule has 0 aliphatic heterocycles. The van der Waals surface area contributed by atoms with E-state index in [2.05, 4.69) is 53.4 Å². The lowest BCUT2D eigenvalue weighted by molar-refractivity contribution is 0.877. The summed E-state index contributed by atoms with van der Waals surface area (Å²) in [5.41, 5.74) is 5.57. The van der Waals surface area contributed by atoms with Gasteiger partial charge in [-0.3, -0.25) is 4.57 Å². The highest BCUT2D eigenvalue weighted by Crippen LogP contribution is 2.25. The molecule has 0 fully saturated rings. The van der Waals surface area contributed by atoms with Gasteiger partial charge >= 0.3 is 0 Å². The molecule has 4 aromatic rings. The number of fused-ring (bicyclic) bond motifs is 1. The highest BCUT2D eigenvalue weighted by Gasteiger charge is 2.11. The maximum atomic E-state index is 4.63. The molecule has 0 aliphatic rings. The number of imidazole rings is 1. The predicted molar refractivity (Wildman–Crippen MR) is 95.6 cm³/mol. The Morgan fingerprint density at radius 2 is 2.04 bits per heavy atom. The molecule has 24 heavy (non-hydrogen) atoms. The molecule has 6 heteroatoms. The summed E-state index contributed by atoms with van der Waals surface area (Å²) in [5.74, 6) is 0.755. The summed E-state index contributed by atoms with van der Waals surface area (Å²) in [7, 11) is 0. The van der Waals surface area contributed by atoms with Gasteiger partial charge in [-0.25, -0.2) is 4.98 Å². The zero-order chi connectivity index (χ0) is 16.5. The van der Waals surface area contributed by atoms with E-state index in [1.807, 2.05) is 33.4 Å². The highest BCUT2D eigenvalue weighted by atomic mass is 32.2. The normalized spacial score (nSPS) is 11.2. The van der Waals surface area contributed by atoms with Crippen LogP contribution in [0, 0.1) is 13.8 Å². The number of rotatable bonds is 4. The quantitative estimate of drug-likeness (QED) is 0.532. The minimum Gasteiger partial charge on any atom is -0.307 e. The number of aromatic nitrogens is 5. The van der Waals surface area contributed by atoms with Crippen LogP contribution in [0.25, 0.3) is 11.3 Å². The number of benzene rings is 1. The molecule has 0 unspecified atom stereocenters. The Morgan fingerprint density at radius 3 is 2.88 bits per heavy atom. The van der Waals surface area contributed by atoms with Gasteiger partial charge in [-0.1, -0.05) is 35.5 Å². The van der Waals surface area contributed by atoms with Crippen LogP contribution in [0.5, 0.6) is 0 Å². The lowest BCUT2D eigenvalue weighted by Gasteiger charge is -2.09. The third-order valence-corrected chi connectivity index (χ3v) is 4.87. The highest BCUT2D eigenvalue weighted by molar-refractivity contribution is 7.98. The fraction of sp³-hybridized carbons (Fsp3) is 0.167. The summed E-state index contributed by atoms with van der Waals surface area (Å²) in [4.78, 5) is 4.63. The number of aryl methyl sites for hydroxylation is 2. The van der Waals surface area contributed by atoms with Crippen LogP contribution in [-0.2, 0) is 5.75 Å². The molecule has 0 radical (unpaired) electrons. The summed E-state index contributed by atoms with van der Waals surface area (Å²) in [6, 6.07) is 12.4. The van der Waals surface area contributed by atoms with Crippen molar-refractivity contribution in [3.05, 3.63) is 71.9 Å². The van der Waals surface area contributed by atoms with Crippen LogP contribution >= 0.6 is 11.8 Å². The molecule has 0 saturated carbocycles. The maximum Gasteiger partial charge on any atom is 0.196 e. The van der Waals surface area contributed by atoms with Gasteiger partial charge in [-0.05, 0) is 37.6 Å². The van der Waals surface area contributed by atoms with Gasteiger partial charge in [0.05, 0.1) is 11.4 Å². The van der Waals surface area contributed by atoms with Crippen molar-refractivity contribution in [3.63, 3.8) is 0 Å². The van der Waals surface area contributed by atoms with Crippen molar-refractivity contribution in [1.82, 2.24) is 24.1 Å². The topological polar surface area (TPSA) is 48.0 Å². The Hall–Kier alpha value is -2.60. The fourth-order valence-corrected chi connectivity index (χ4v) is 3.56. The molecule has 1 aromatic carbocycles. The van der Waals surface area contributed by atoms with Crippen molar-refractivity contribution in [2.75, 3.05) is 0 Å². The molecule has 4 rings (SSSR count). The van der Waals surface area contributed by atoms with E-state index in [1.165, 1.54) is 11.1 Å². The van der Waals surface area contributed by atoms with Gasteiger partial charge in [-0.2, -0.15) is 0 Å². The fourth-order valence-electron chi connectivity index (χ4n) is 2.76. The van der Waals surface area contributed by atoms with E-state index in [0.29, 0.717) is 0 Å². The number of pyridine rings is 1. The molecule has 0 atom stereocenters. The van der Waals surface area contributed by atoms with E-state index < -0.39 is 0 Å². The van der Waals surface area contributed by atoms with E-state index in [4.69, 9.17) is 0 Å². The van der Waals surface area contributed by atoms with Gasteiger partial charge in [0.2, 0.25) is 0 Å². The first-order chi connectivity index (χ1) is 11.7. The molecule has 3 aromatic heterocycles. The third kappa shape index (κ3) is 2.80. The Kier molecular flexibility index (Phi) is 3.82. The molecular formula is C18H17N5S. The van der Waals surface area contributed by atoms with E-state index in [-0.39, 0.29) is 0 Å². The van der Waals surface area contributed by atoms with Gasteiger partial charge in [0.25, 0.3) is 0 Å². The lowest BCUT2D eigenvalue weighted by Crippen LogP contribution is -1.98. The van der Waals surface area contributed by atoms with Crippen LogP contribution < -0.4 is 0 Å². The van der Waals surface area contributed by atoms with Gasteiger partial charge in [0.1, 0.15) is 12.0 Å². The summed E-state index contributed by atoms with van der Waals surface area (Å²) in [5, 5.41) is 9.22. The van der Waals surface area contributed by atoms with Crippen molar-refractivity contribution in [2.45, 2.75) is 24.8 Å². The van der Waals surface area contributed by atoms with E-state index in [1.54, 1.807) is 18.1 Å². The molecule has 0 N–H and O–H groups in total. The van der Waals surface area contributed by atoms with Crippen LogP contribution in [0.2, 0.25) is 0 Å². The summed E-state index contributed by atoms with van der Waals surface area (Å²) < 4.78 is 4.07. The molecular weight excluding hydrogens is 318 g/mol. The number of thioether (sulfide) groups is 1. The minimum atomic E-state index is 0.755. The first-order valence-electron chi connectivity index (χ1n) is 7.74. The van der Waals surface area contributed by atoms with Crippen LogP contribution in [0.15, 0.2) is 60.3 Å². The molecule has 0 saturated heterocycles. The first kappa shape index (κ1) is 15.0. The molecule has 5 nitrogen and oxygen atoms in total. The summed E-state index contributed by atoms with van der Waals surface area (Å²) in [6.45, 7) is 4.21. The molecule has 0 spiro atoms. The predicted octanol–water partition coefficient (Wildman–Crippen LogP) is 3.82. The Labute approximate surface area is 144 Å². The minimum absolute atomic E-state index is 0.755. The Bertz CT molecular complexity index is 968. The van der Waals surface area contributed by atoms with Gasteiger partial charge < -0.3 is 4.40 Å². The number of nitrogens with zero attached hydrogens (tertiary/aromatic N) is 5. The monoisotopic (exact) mass is 335 g/mol. The molecule has 3 heterocycles. The van der Waals surface area contributed by atoms with Crippen LogP contribution in [-0.4, -0.2) is 24.1 Å². The third-order valence-electron chi connectivity index (χ3n) is 3.89. The molecule has 0 bridgehead atoms. The van der Waals surface area contributed by atoms with Crippen LogP contribution in [0.4, 0.5) is 0 Å². The van der Waals surface area contributed by atoms with E-state index in [0.717, 1.165) is 27.9 Å².